The molecule has 80 valence electrons. The smallest absolute Gasteiger partial charge is 0.142 e. The molecule has 16 heavy (non-hydrogen) atoms. The van der Waals surface area contributed by atoms with Gasteiger partial charge in [0, 0.05) is 0 Å². The number of methoxy groups -OCH3 is 1. The van der Waals surface area contributed by atoms with E-state index in [4.69, 9.17) is 4.74 Å². The lowest BCUT2D eigenvalue weighted by molar-refractivity contribution is -0.104. The van der Waals surface area contributed by atoms with Gasteiger partial charge in [0.2, 0.25) is 0 Å². The van der Waals surface area contributed by atoms with Gasteiger partial charge >= 0.3 is 0 Å². The Morgan fingerprint density at radius 2 is 1.81 bits per heavy atom. The lowest BCUT2D eigenvalue weighted by Crippen LogP contribution is -1.82. The zero-order chi connectivity index (χ0) is 11.4. The van der Waals surface area contributed by atoms with Crippen molar-refractivity contribution < 1.29 is 9.53 Å². The van der Waals surface area contributed by atoms with Crippen LogP contribution in [0.1, 0.15) is 5.56 Å². The number of benzene rings is 2. The second-order valence-electron chi connectivity index (χ2n) is 3.47. The van der Waals surface area contributed by atoms with E-state index in [1.165, 1.54) is 6.08 Å². The van der Waals surface area contributed by atoms with Gasteiger partial charge < -0.3 is 4.74 Å². The summed E-state index contributed by atoms with van der Waals surface area (Å²) in [5, 5.41) is 2.26. The average molecular weight is 212 g/mol. The first kappa shape index (κ1) is 10.4. The second kappa shape index (κ2) is 4.62. The van der Waals surface area contributed by atoms with Crippen LogP contribution in [0.25, 0.3) is 16.8 Å². The molecule has 0 heterocycles. The first-order valence-corrected chi connectivity index (χ1v) is 5.03. The molecule has 0 unspecified atom stereocenters. The van der Waals surface area contributed by atoms with Gasteiger partial charge in [-0.3, -0.25) is 4.79 Å². The lowest BCUT2D eigenvalue weighted by Gasteiger charge is -2.03. The molecule has 2 rings (SSSR count). The fourth-order valence-corrected chi connectivity index (χ4v) is 1.62. The highest BCUT2D eigenvalue weighted by Gasteiger charge is 1.96. The summed E-state index contributed by atoms with van der Waals surface area (Å²) in [5.74, 6) is 0.851. The third-order valence-electron chi connectivity index (χ3n) is 2.44. The van der Waals surface area contributed by atoms with Crippen LogP contribution in [0.3, 0.4) is 0 Å². The van der Waals surface area contributed by atoms with Crippen molar-refractivity contribution in [2.24, 2.45) is 0 Å². The van der Waals surface area contributed by atoms with E-state index in [1.807, 2.05) is 36.4 Å². The van der Waals surface area contributed by atoms with E-state index in [0.29, 0.717) is 0 Å². The van der Waals surface area contributed by atoms with Crippen LogP contribution in [-0.4, -0.2) is 13.4 Å². The number of hydrogen-bond donors (Lipinski definition) is 0. The Bertz CT molecular complexity index is 541. The Balaban J connectivity index is 2.47. The van der Waals surface area contributed by atoms with E-state index < -0.39 is 0 Å². The van der Waals surface area contributed by atoms with Crippen molar-refractivity contribution in [2.75, 3.05) is 7.11 Å². The Labute approximate surface area is 94.2 Å². The van der Waals surface area contributed by atoms with Crippen LogP contribution in [-0.2, 0) is 4.79 Å². The summed E-state index contributed by atoms with van der Waals surface area (Å²) in [6, 6.07) is 11.9. The number of fused-ring (bicyclic) bond motifs is 1. The quantitative estimate of drug-likeness (QED) is 0.577. The molecule has 0 aliphatic carbocycles. The molecule has 0 saturated heterocycles. The van der Waals surface area contributed by atoms with Crippen molar-refractivity contribution in [3.8, 4) is 5.75 Å². The molecule has 0 amide bonds. The number of carbonyl (C=O) groups excluding carboxylic acids is 1. The van der Waals surface area contributed by atoms with E-state index in [9.17, 15) is 4.79 Å². The summed E-state index contributed by atoms with van der Waals surface area (Å²) >= 11 is 0. The van der Waals surface area contributed by atoms with Crippen LogP contribution in [0.5, 0.6) is 5.75 Å². The van der Waals surface area contributed by atoms with Crippen LogP contribution >= 0.6 is 0 Å². The van der Waals surface area contributed by atoms with Crippen molar-refractivity contribution >= 4 is 23.1 Å². The topological polar surface area (TPSA) is 26.3 Å². The van der Waals surface area contributed by atoms with Crippen LogP contribution < -0.4 is 4.74 Å². The Hall–Kier alpha value is -2.09. The van der Waals surface area contributed by atoms with Crippen LogP contribution in [0.15, 0.2) is 42.5 Å². The molecule has 0 aromatic heterocycles. The van der Waals surface area contributed by atoms with Crippen LogP contribution in [0, 0.1) is 0 Å². The number of allylic oxidation sites excluding steroid dienone is 1. The van der Waals surface area contributed by atoms with Gasteiger partial charge in [0.15, 0.2) is 0 Å². The van der Waals surface area contributed by atoms with Gasteiger partial charge in [-0.2, -0.15) is 0 Å². The third-order valence-corrected chi connectivity index (χ3v) is 2.44. The van der Waals surface area contributed by atoms with E-state index >= 15 is 0 Å². The lowest BCUT2D eigenvalue weighted by atomic mass is 10.1. The molecule has 0 atom stereocenters. The fraction of sp³-hybridized carbons (Fsp3) is 0.0714. The van der Waals surface area contributed by atoms with Gasteiger partial charge in [0.1, 0.15) is 12.0 Å². The zero-order valence-electron chi connectivity index (χ0n) is 9.01. The third kappa shape index (κ3) is 2.11. The molecule has 0 spiro atoms. The Kier molecular flexibility index (Phi) is 3.01. The van der Waals surface area contributed by atoms with Crippen LogP contribution in [0.2, 0.25) is 0 Å². The molecule has 0 radical (unpaired) electrons. The van der Waals surface area contributed by atoms with Gasteiger partial charge in [0.05, 0.1) is 7.11 Å². The molecule has 0 bridgehead atoms. The summed E-state index contributed by atoms with van der Waals surface area (Å²) in [4.78, 5) is 10.2. The number of hydrogen-bond acceptors (Lipinski definition) is 2. The Morgan fingerprint density at radius 3 is 2.56 bits per heavy atom. The van der Waals surface area contributed by atoms with E-state index in [0.717, 1.165) is 28.4 Å². The molecule has 2 aromatic carbocycles. The monoisotopic (exact) mass is 212 g/mol. The fourth-order valence-electron chi connectivity index (χ4n) is 1.62. The standard InChI is InChI=1S/C14H12O2/c1-16-14-7-6-12-9-11(3-2-8-15)4-5-13(12)10-14/h2-10H,1H3/b3-2+. The molecule has 0 N–H and O–H groups in total. The minimum atomic E-state index is 0.776. The molecule has 0 saturated carbocycles. The van der Waals surface area contributed by atoms with E-state index in [2.05, 4.69) is 0 Å². The van der Waals surface area contributed by atoms with Crippen molar-refractivity contribution in [1.29, 1.82) is 0 Å². The highest BCUT2D eigenvalue weighted by atomic mass is 16.5. The zero-order valence-corrected chi connectivity index (χ0v) is 9.01. The first-order chi connectivity index (χ1) is 7.83. The molecule has 0 aliphatic heterocycles. The maximum Gasteiger partial charge on any atom is 0.142 e. The number of rotatable bonds is 3. The average Bonchev–Trinajstić information content (AvgIpc) is 2.35. The molecular formula is C14H12O2. The van der Waals surface area contributed by atoms with Crippen molar-refractivity contribution in [1.82, 2.24) is 0 Å². The maximum absolute atomic E-state index is 10.2. The molecule has 0 fully saturated rings. The predicted octanol–water partition coefficient (Wildman–Crippen LogP) is 3.06. The SMILES string of the molecule is COc1ccc2cc(/C=C/C=O)ccc2c1. The minimum Gasteiger partial charge on any atom is -0.497 e. The van der Waals surface area contributed by atoms with Gasteiger partial charge in [0.25, 0.3) is 0 Å². The summed E-state index contributed by atoms with van der Waals surface area (Å²) in [6.45, 7) is 0. The molecule has 0 aliphatic rings. The summed E-state index contributed by atoms with van der Waals surface area (Å²) in [7, 11) is 1.66. The summed E-state index contributed by atoms with van der Waals surface area (Å²) in [5.41, 5.74) is 1.02. The molecule has 2 nitrogen and oxygen atoms in total. The maximum atomic E-state index is 10.2. The number of ether oxygens (including phenoxy) is 1. The molecular weight excluding hydrogens is 200 g/mol. The Morgan fingerprint density at radius 1 is 1.06 bits per heavy atom. The van der Waals surface area contributed by atoms with Crippen molar-refractivity contribution in [2.45, 2.75) is 0 Å². The van der Waals surface area contributed by atoms with Crippen molar-refractivity contribution in [3.05, 3.63) is 48.0 Å². The predicted molar refractivity (Wildman–Crippen MR) is 65.6 cm³/mol. The molecule has 2 heteroatoms. The van der Waals surface area contributed by atoms with Gasteiger partial charge in [-0.1, -0.05) is 24.3 Å². The number of carbonyl (C=O) groups is 1. The first-order valence-electron chi connectivity index (χ1n) is 5.03. The number of aldehydes is 1. The van der Waals surface area contributed by atoms with Gasteiger partial charge in [-0.25, -0.2) is 0 Å². The second-order valence-corrected chi connectivity index (χ2v) is 3.47. The van der Waals surface area contributed by atoms with E-state index in [1.54, 1.807) is 13.2 Å². The van der Waals surface area contributed by atoms with Crippen LogP contribution in [0.4, 0.5) is 0 Å². The van der Waals surface area contributed by atoms with Gasteiger partial charge in [-0.15, -0.1) is 0 Å². The van der Waals surface area contributed by atoms with Gasteiger partial charge in [-0.05, 0) is 40.6 Å². The molecule has 2 aromatic rings. The normalized spacial score (nSPS) is 10.8. The largest absolute Gasteiger partial charge is 0.497 e. The summed E-state index contributed by atoms with van der Waals surface area (Å²) in [6.07, 6.45) is 4.06. The van der Waals surface area contributed by atoms with Crippen molar-refractivity contribution in [3.63, 3.8) is 0 Å². The highest BCUT2D eigenvalue weighted by molar-refractivity contribution is 5.86. The van der Waals surface area contributed by atoms with E-state index in [-0.39, 0.29) is 0 Å². The minimum absolute atomic E-state index is 0.776. The summed E-state index contributed by atoms with van der Waals surface area (Å²) < 4.78 is 5.16. The highest BCUT2D eigenvalue weighted by Crippen LogP contribution is 2.22.